The maximum Gasteiger partial charge on any atom is 0.243 e. The van der Waals surface area contributed by atoms with E-state index in [1.165, 1.54) is 0 Å². The van der Waals surface area contributed by atoms with Gasteiger partial charge >= 0.3 is 0 Å². The lowest BCUT2D eigenvalue weighted by molar-refractivity contribution is -0.137. The molecule has 2 aromatic carbocycles. The zero-order valence-electron chi connectivity index (χ0n) is 18.4. The van der Waals surface area contributed by atoms with Gasteiger partial charge in [0.15, 0.2) is 0 Å². The molecule has 0 radical (unpaired) electrons. The van der Waals surface area contributed by atoms with E-state index in [1.807, 2.05) is 44.2 Å². The number of nitrogens with one attached hydrogen (secondary N) is 2. The minimum atomic E-state index is -0.366. The van der Waals surface area contributed by atoms with E-state index >= 15 is 0 Å². The zero-order valence-corrected chi connectivity index (χ0v) is 18.4. The molecule has 0 bridgehead atoms. The highest BCUT2D eigenvalue weighted by Gasteiger charge is 2.25. The van der Waals surface area contributed by atoms with Crippen molar-refractivity contribution in [1.29, 1.82) is 0 Å². The van der Waals surface area contributed by atoms with Crippen LogP contribution in [0.15, 0.2) is 54.6 Å². The molecule has 0 heterocycles. The predicted molar refractivity (Wildman–Crippen MR) is 121 cm³/mol. The second-order valence-corrected chi connectivity index (χ2v) is 7.18. The van der Waals surface area contributed by atoms with Crippen LogP contribution in [0.1, 0.15) is 38.2 Å². The van der Waals surface area contributed by atoms with E-state index in [2.05, 4.69) is 10.6 Å². The van der Waals surface area contributed by atoms with Crippen LogP contribution in [0, 0.1) is 0 Å². The predicted octanol–water partition coefficient (Wildman–Crippen LogP) is 3.18. The van der Waals surface area contributed by atoms with Crippen LogP contribution < -0.4 is 15.4 Å². The molecule has 0 saturated heterocycles. The summed E-state index contributed by atoms with van der Waals surface area (Å²) in [6, 6.07) is 16.5. The van der Waals surface area contributed by atoms with Crippen LogP contribution in [0.2, 0.25) is 0 Å². The standard InChI is InChI=1S/C24H31N3O4/c1-4-15-27(24(30)21(5-2)18-9-7-6-8-10-18)17-23(29)25-16-22(28)26-19-11-13-20(31-3)14-12-19/h6-14,21H,4-5,15-17H2,1-3H3,(H,25,29)(H,26,28). The van der Waals surface area contributed by atoms with E-state index in [9.17, 15) is 14.4 Å². The fourth-order valence-corrected chi connectivity index (χ4v) is 3.28. The van der Waals surface area contributed by atoms with E-state index in [0.29, 0.717) is 24.4 Å². The van der Waals surface area contributed by atoms with Crippen molar-refractivity contribution in [2.75, 3.05) is 32.1 Å². The van der Waals surface area contributed by atoms with Gasteiger partial charge in [0.2, 0.25) is 17.7 Å². The lowest BCUT2D eigenvalue weighted by Gasteiger charge is -2.26. The number of rotatable bonds is 11. The second kappa shape index (κ2) is 12.4. The zero-order chi connectivity index (χ0) is 22.6. The van der Waals surface area contributed by atoms with Crippen molar-refractivity contribution < 1.29 is 19.1 Å². The largest absolute Gasteiger partial charge is 0.497 e. The monoisotopic (exact) mass is 425 g/mol. The quantitative estimate of drug-likeness (QED) is 0.579. The molecule has 0 spiro atoms. The van der Waals surface area contributed by atoms with Crippen LogP contribution in [0.5, 0.6) is 5.75 Å². The third-order valence-corrected chi connectivity index (χ3v) is 4.87. The van der Waals surface area contributed by atoms with Crippen LogP contribution in [-0.2, 0) is 14.4 Å². The number of anilines is 1. The minimum Gasteiger partial charge on any atom is -0.497 e. The summed E-state index contributed by atoms with van der Waals surface area (Å²) in [5.41, 5.74) is 1.55. The Morgan fingerprint density at radius 1 is 0.968 bits per heavy atom. The molecule has 0 fully saturated rings. The van der Waals surface area contributed by atoms with Crippen LogP contribution in [0.4, 0.5) is 5.69 Å². The van der Waals surface area contributed by atoms with E-state index in [1.54, 1.807) is 36.3 Å². The van der Waals surface area contributed by atoms with Crippen molar-refractivity contribution in [1.82, 2.24) is 10.2 Å². The molecular weight excluding hydrogens is 394 g/mol. The first kappa shape index (κ1) is 23.9. The molecule has 2 N–H and O–H groups in total. The Bertz CT molecular complexity index is 853. The molecule has 0 aliphatic rings. The summed E-state index contributed by atoms with van der Waals surface area (Å²) in [6.45, 7) is 4.15. The average Bonchev–Trinajstić information content (AvgIpc) is 2.79. The van der Waals surface area contributed by atoms with Crippen LogP contribution in [-0.4, -0.2) is 49.4 Å². The van der Waals surface area contributed by atoms with Crippen molar-refractivity contribution in [2.45, 2.75) is 32.6 Å². The topological polar surface area (TPSA) is 87.7 Å². The molecule has 7 nitrogen and oxygen atoms in total. The Balaban J connectivity index is 1.90. The van der Waals surface area contributed by atoms with E-state index in [-0.39, 0.29) is 36.7 Å². The van der Waals surface area contributed by atoms with Gasteiger partial charge in [-0.25, -0.2) is 0 Å². The van der Waals surface area contributed by atoms with Gasteiger partial charge in [0.05, 0.1) is 26.1 Å². The van der Waals surface area contributed by atoms with E-state index in [0.717, 1.165) is 12.0 Å². The normalized spacial score (nSPS) is 11.3. The molecule has 3 amide bonds. The summed E-state index contributed by atoms with van der Waals surface area (Å²) >= 11 is 0. The first-order valence-corrected chi connectivity index (χ1v) is 10.5. The third-order valence-electron chi connectivity index (χ3n) is 4.87. The summed E-state index contributed by atoms with van der Waals surface area (Å²) < 4.78 is 5.08. The molecule has 2 rings (SSSR count). The lowest BCUT2D eigenvalue weighted by atomic mass is 9.95. The molecule has 0 aliphatic carbocycles. The summed E-state index contributed by atoms with van der Waals surface area (Å²) in [5.74, 6) is -0.391. The van der Waals surface area contributed by atoms with Crippen LogP contribution >= 0.6 is 0 Å². The Kier molecular flexibility index (Phi) is 9.55. The van der Waals surface area contributed by atoms with E-state index in [4.69, 9.17) is 4.74 Å². The summed E-state index contributed by atoms with van der Waals surface area (Å²) in [4.78, 5) is 39.2. The lowest BCUT2D eigenvalue weighted by Crippen LogP contribution is -2.44. The fraction of sp³-hybridized carbons (Fsp3) is 0.375. The van der Waals surface area contributed by atoms with Gasteiger partial charge in [0.1, 0.15) is 5.75 Å². The smallest absolute Gasteiger partial charge is 0.243 e. The highest BCUT2D eigenvalue weighted by atomic mass is 16.5. The van der Waals surface area contributed by atoms with E-state index < -0.39 is 0 Å². The van der Waals surface area contributed by atoms with Crippen molar-refractivity contribution in [3.8, 4) is 5.75 Å². The van der Waals surface area contributed by atoms with Crippen molar-refractivity contribution in [3.63, 3.8) is 0 Å². The highest BCUT2D eigenvalue weighted by molar-refractivity contribution is 5.95. The molecule has 2 aromatic rings. The maximum atomic E-state index is 13.1. The van der Waals surface area contributed by atoms with Crippen molar-refractivity contribution in [2.24, 2.45) is 0 Å². The first-order valence-electron chi connectivity index (χ1n) is 10.5. The SMILES string of the molecule is CCCN(CC(=O)NCC(=O)Nc1ccc(OC)cc1)C(=O)C(CC)c1ccccc1. The molecule has 0 aromatic heterocycles. The summed E-state index contributed by atoms with van der Waals surface area (Å²) in [5, 5.41) is 5.31. The molecule has 0 saturated carbocycles. The molecule has 166 valence electrons. The third kappa shape index (κ3) is 7.44. The van der Waals surface area contributed by atoms with Gasteiger partial charge in [-0.05, 0) is 42.7 Å². The van der Waals surface area contributed by atoms with Crippen LogP contribution in [0.3, 0.4) is 0 Å². The number of carbonyl (C=O) groups is 3. The van der Waals surface area contributed by atoms with Gasteiger partial charge in [0.25, 0.3) is 0 Å². The fourth-order valence-electron chi connectivity index (χ4n) is 3.28. The number of methoxy groups -OCH3 is 1. The molecule has 0 aliphatic heterocycles. The Morgan fingerprint density at radius 2 is 1.65 bits per heavy atom. The molecule has 1 atom stereocenters. The van der Waals surface area contributed by atoms with Gasteiger partial charge in [-0.2, -0.15) is 0 Å². The maximum absolute atomic E-state index is 13.1. The number of ether oxygens (including phenoxy) is 1. The average molecular weight is 426 g/mol. The summed E-state index contributed by atoms with van der Waals surface area (Å²) in [7, 11) is 1.57. The molecular formula is C24H31N3O4. The molecule has 31 heavy (non-hydrogen) atoms. The second-order valence-electron chi connectivity index (χ2n) is 7.18. The number of nitrogens with zero attached hydrogens (tertiary/aromatic N) is 1. The highest BCUT2D eigenvalue weighted by Crippen LogP contribution is 2.22. The summed E-state index contributed by atoms with van der Waals surface area (Å²) in [6.07, 6.45) is 1.39. The van der Waals surface area contributed by atoms with Crippen molar-refractivity contribution in [3.05, 3.63) is 60.2 Å². The number of hydrogen-bond acceptors (Lipinski definition) is 4. The Hall–Kier alpha value is -3.35. The van der Waals surface area contributed by atoms with Crippen molar-refractivity contribution >= 4 is 23.4 Å². The number of amides is 3. The van der Waals surface area contributed by atoms with Gasteiger partial charge in [-0.3, -0.25) is 14.4 Å². The Morgan fingerprint density at radius 3 is 2.23 bits per heavy atom. The molecule has 7 heteroatoms. The minimum absolute atomic E-state index is 0.0756. The van der Waals surface area contributed by atoms with Gasteiger partial charge in [-0.15, -0.1) is 0 Å². The Labute approximate surface area is 183 Å². The van der Waals surface area contributed by atoms with Gasteiger partial charge in [-0.1, -0.05) is 44.2 Å². The number of hydrogen-bond donors (Lipinski definition) is 2. The number of carbonyl (C=O) groups excluding carboxylic acids is 3. The van der Waals surface area contributed by atoms with Crippen LogP contribution in [0.25, 0.3) is 0 Å². The number of benzene rings is 2. The van der Waals surface area contributed by atoms with Gasteiger partial charge < -0.3 is 20.3 Å². The molecule has 1 unspecified atom stereocenters. The van der Waals surface area contributed by atoms with Gasteiger partial charge in [0, 0.05) is 12.2 Å². The first-order chi connectivity index (χ1) is 15.0.